The molecule has 9 heteroatoms. The van der Waals surface area contributed by atoms with Crippen molar-refractivity contribution in [3.05, 3.63) is 42.2 Å². The topological polar surface area (TPSA) is 102 Å². The molecule has 1 aromatic carbocycles. The van der Waals surface area contributed by atoms with E-state index in [0.29, 0.717) is 24.6 Å². The summed E-state index contributed by atoms with van der Waals surface area (Å²) in [6.45, 7) is 4.84. The van der Waals surface area contributed by atoms with E-state index in [0.717, 1.165) is 47.5 Å². The number of hydrogen-bond acceptors (Lipinski definition) is 7. The molecule has 33 heavy (non-hydrogen) atoms. The minimum absolute atomic E-state index is 0.0590. The van der Waals surface area contributed by atoms with Crippen molar-refractivity contribution >= 4 is 22.8 Å². The SMILES string of the molecule is COc1cc(-c2nn(C[C@@H]3CCN(C(=O)C=CCN(C)C)C3)c3ncnc(N)c23)ccc1C. The lowest BCUT2D eigenvalue weighted by atomic mass is 10.1. The smallest absolute Gasteiger partial charge is 0.246 e. The predicted octanol–water partition coefficient (Wildman–Crippen LogP) is 2.36. The summed E-state index contributed by atoms with van der Waals surface area (Å²) in [4.78, 5) is 25.1. The highest BCUT2D eigenvalue weighted by Crippen LogP contribution is 2.33. The maximum Gasteiger partial charge on any atom is 0.246 e. The maximum atomic E-state index is 12.5. The van der Waals surface area contributed by atoms with E-state index in [1.165, 1.54) is 6.33 Å². The highest BCUT2D eigenvalue weighted by Gasteiger charge is 2.27. The largest absolute Gasteiger partial charge is 0.496 e. The Morgan fingerprint density at radius 2 is 2.15 bits per heavy atom. The van der Waals surface area contributed by atoms with Crippen LogP contribution in [0.2, 0.25) is 0 Å². The van der Waals surface area contributed by atoms with Gasteiger partial charge in [0.15, 0.2) is 5.65 Å². The van der Waals surface area contributed by atoms with E-state index >= 15 is 0 Å². The Bertz CT molecular complexity index is 1190. The number of nitrogens with zero attached hydrogens (tertiary/aromatic N) is 6. The Kier molecular flexibility index (Phi) is 6.60. The molecule has 0 radical (unpaired) electrons. The van der Waals surface area contributed by atoms with Gasteiger partial charge in [-0.15, -0.1) is 0 Å². The number of likely N-dealkylation sites (tertiary alicyclic amines) is 1. The van der Waals surface area contributed by atoms with Gasteiger partial charge in [0, 0.05) is 37.8 Å². The first kappa shape index (κ1) is 22.7. The van der Waals surface area contributed by atoms with Crippen molar-refractivity contribution in [2.45, 2.75) is 19.9 Å². The lowest BCUT2D eigenvalue weighted by Crippen LogP contribution is -2.28. The van der Waals surface area contributed by atoms with Gasteiger partial charge < -0.3 is 20.3 Å². The lowest BCUT2D eigenvalue weighted by Gasteiger charge is -2.15. The fourth-order valence-corrected chi connectivity index (χ4v) is 4.22. The quantitative estimate of drug-likeness (QED) is 0.553. The summed E-state index contributed by atoms with van der Waals surface area (Å²) in [7, 11) is 5.61. The van der Waals surface area contributed by atoms with Crippen LogP contribution in [-0.4, -0.2) is 76.3 Å². The van der Waals surface area contributed by atoms with Crippen molar-refractivity contribution in [2.75, 3.05) is 46.6 Å². The average molecular weight is 450 g/mol. The Morgan fingerprint density at radius 1 is 1.33 bits per heavy atom. The maximum absolute atomic E-state index is 12.5. The molecule has 1 saturated heterocycles. The van der Waals surface area contributed by atoms with Crippen LogP contribution >= 0.6 is 0 Å². The molecule has 0 aliphatic carbocycles. The zero-order chi connectivity index (χ0) is 23.5. The van der Waals surface area contributed by atoms with Crippen molar-refractivity contribution in [1.82, 2.24) is 29.5 Å². The van der Waals surface area contributed by atoms with Crippen LogP contribution in [0, 0.1) is 12.8 Å². The molecule has 2 aromatic heterocycles. The minimum atomic E-state index is 0.0590. The standard InChI is InChI=1S/C24H31N7O2/c1-16-7-8-18(12-19(16)33-4)22-21-23(25)26-15-27-24(21)31(28-22)14-17-9-11-30(13-17)20(32)6-5-10-29(2)3/h5-8,12,15,17H,9-11,13-14H2,1-4H3,(H2,25,26,27)/t17-/m1/s1. The highest BCUT2D eigenvalue weighted by atomic mass is 16.5. The van der Waals surface area contributed by atoms with Gasteiger partial charge in [0.1, 0.15) is 23.6 Å². The monoisotopic (exact) mass is 449 g/mol. The van der Waals surface area contributed by atoms with Crippen LogP contribution in [0.1, 0.15) is 12.0 Å². The van der Waals surface area contributed by atoms with Gasteiger partial charge >= 0.3 is 0 Å². The van der Waals surface area contributed by atoms with E-state index < -0.39 is 0 Å². The molecule has 1 aliphatic rings. The number of aryl methyl sites for hydroxylation is 1. The first-order valence-electron chi connectivity index (χ1n) is 11.1. The number of methoxy groups -OCH3 is 1. The summed E-state index contributed by atoms with van der Waals surface area (Å²) in [5, 5.41) is 5.62. The molecular formula is C24H31N7O2. The molecule has 3 heterocycles. The number of nitrogen functional groups attached to an aromatic ring is 1. The average Bonchev–Trinajstić information content (AvgIpc) is 3.40. The summed E-state index contributed by atoms with van der Waals surface area (Å²) in [5.74, 6) is 1.53. The van der Waals surface area contributed by atoms with Crippen LogP contribution < -0.4 is 10.5 Å². The Hall–Kier alpha value is -3.46. The first-order chi connectivity index (χ1) is 15.9. The second kappa shape index (κ2) is 9.58. The van der Waals surface area contributed by atoms with E-state index in [4.69, 9.17) is 15.6 Å². The van der Waals surface area contributed by atoms with E-state index in [-0.39, 0.29) is 11.8 Å². The number of nitrogens with two attached hydrogens (primary N) is 1. The van der Waals surface area contributed by atoms with Crippen LogP contribution in [0.4, 0.5) is 5.82 Å². The fourth-order valence-electron chi connectivity index (χ4n) is 4.22. The van der Waals surface area contributed by atoms with Gasteiger partial charge in [0.2, 0.25) is 5.91 Å². The summed E-state index contributed by atoms with van der Waals surface area (Å²) in [6, 6.07) is 5.97. The number of anilines is 1. The molecule has 0 unspecified atom stereocenters. The van der Waals surface area contributed by atoms with Gasteiger partial charge in [-0.25, -0.2) is 14.6 Å². The predicted molar refractivity (Wildman–Crippen MR) is 129 cm³/mol. The molecule has 174 valence electrons. The van der Waals surface area contributed by atoms with Gasteiger partial charge in [-0.3, -0.25) is 4.79 Å². The summed E-state index contributed by atoms with van der Waals surface area (Å²) in [5.41, 5.74) is 9.63. The first-order valence-corrected chi connectivity index (χ1v) is 11.1. The number of amides is 1. The summed E-state index contributed by atoms with van der Waals surface area (Å²) >= 11 is 0. The van der Waals surface area contributed by atoms with E-state index in [1.54, 1.807) is 13.2 Å². The molecule has 1 amide bonds. The van der Waals surface area contributed by atoms with Gasteiger partial charge in [-0.05, 0) is 45.0 Å². The molecule has 0 spiro atoms. The molecule has 1 aliphatic heterocycles. The number of carbonyl (C=O) groups excluding carboxylic acids is 1. The molecule has 4 rings (SSSR count). The van der Waals surface area contributed by atoms with Crippen LogP contribution in [0.5, 0.6) is 5.75 Å². The van der Waals surface area contributed by atoms with Gasteiger partial charge in [0.05, 0.1) is 12.5 Å². The third-order valence-corrected chi connectivity index (χ3v) is 6.00. The van der Waals surface area contributed by atoms with E-state index in [1.807, 2.05) is 59.8 Å². The highest BCUT2D eigenvalue weighted by molar-refractivity contribution is 5.98. The van der Waals surface area contributed by atoms with Crippen molar-refractivity contribution in [3.63, 3.8) is 0 Å². The van der Waals surface area contributed by atoms with Crippen molar-refractivity contribution in [2.24, 2.45) is 5.92 Å². The molecule has 9 nitrogen and oxygen atoms in total. The summed E-state index contributed by atoms with van der Waals surface area (Å²) in [6.07, 6.45) is 5.96. The second-order valence-electron chi connectivity index (χ2n) is 8.78. The van der Waals surface area contributed by atoms with Gasteiger partial charge in [-0.1, -0.05) is 18.2 Å². The number of fused-ring (bicyclic) bond motifs is 1. The number of rotatable bonds is 7. The minimum Gasteiger partial charge on any atom is -0.496 e. The van der Waals surface area contributed by atoms with E-state index in [9.17, 15) is 4.79 Å². The molecule has 3 aromatic rings. The third kappa shape index (κ3) is 4.83. The van der Waals surface area contributed by atoms with Gasteiger partial charge in [-0.2, -0.15) is 5.10 Å². The van der Waals surface area contributed by atoms with Crippen LogP contribution in [0.3, 0.4) is 0 Å². The van der Waals surface area contributed by atoms with Crippen molar-refractivity contribution in [1.29, 1.82) is 0 Å². The number of benzene rings is 1. The number of ether oxygens (including phenoxy) is 1. The number of carbonyl (C=O) groups is 1. The molecule has 1 fully saturated rings. The Labute approximate surface area is 193 Å². The molecule has 0 bridgehead atoms. The zero-order valence-corrected chi connectivity index (χ0v) is 19.7. The van der Waals surface area contributed by atoms with Crippen LogP contribution in [0.25, 0.3) is 22.3 Å². The van der Waals surface area contributed by atoms with Gasteiger partial charge in [0.25, 0.3) is 0 Å². The summed E-state index contributed by atoms with van der Waals surface area (Å²) < 4.78 is 7.39. The van der Waals surface area contributed by atoms with Crippen LogP contribution in [0.15, 0.2) is 36.7 Å². The normalized spacial score (nSPS) is 16.4. The Morgan fingerprint density at radius 3 is 2.91 bits per heavy atom. The lowest BCUT2D eigenvalue weighted by molar-refractivity contribution is -0.125. The third-order valence-electron chi connectivity index (χ3n) is 6.00. The molecule has 0 saturated carbocycles. The van der Waals surface area contributed by atoms with Crippen LogP contribution in [-0.2, 0) is 11.3 Å². The zero-order valence-electron chi connectivity index (χ0n) is 19.7. The van der Waals surface area contributed by atoms with Crippen molar-refractivity contribution in [3.8, 4) is 17.0 Å². The Balaban J connectivity index is 1.58. The fraction of sp³-hybridized carbons (Fsp3) is 0.417. The second-order valence-corrected chi connectivity index (χ2v) is 8.78. The van der Waals surface area contributed by atoms with Crippen molar-refractivity contribution < 1.29 is 9.53 Å². The molecule has 2 N–H and O–H groups in total. The number of hydrogen-bond donors (Lipinski definition) is 1. The number of aromatic nitrogens is 4. The number of likely N-dealkylation sites (N-methyl/N-ethyl adjacent to an activating group) is 1. The molecular weight excluding hydrogens is 418 g/mol. The van der Waals surface area contributed by atoms with E-state index in [2.05, 4.69) is 9.97 Å². The molecule has 1 atom stereocenters.